The van der Waals surface area contributed by atoms with Crippen molar-refractivity contribution in [1.82, 2.24) is 9.62 Å². The lowest BCUT2D eigenvalue weighted by atomic mass is 9.94. The van der Waals surface area contributed by atoms with Gasteiger partial charge < -0.3 is 5.32 Å². The third kappa shape index (κ3) is 3.82. The molecule has 2 heterocycles. The number of hydrogen-bond acceptors (Lipinski definition) is 4. The lowest BCUT2D eigenvalue weighted by molar-refractivity contribution is -0.122. The number of amides is 1. The van der Waals surface area contributed by atoms with Gasteiger partial charge in [0.25, 0.3) is 10.0 Å². The Labute approximate surface area is 139 Å². The molecule has 0 unspecified atom stereocenters. The summed E-state index contributed by atoms with van der Waals surface area (Å²) in [6, 6.07) is 3.54. The van der Waals surface area contributed by atoms with Crippen LogP contribution in [-0.4, -0.2) is 37.8 Å². The Bertz CT molecular complexity index is 647. The SMILES string of the molecule is O=C(CC1CCN(S(=O)(=O)c2ccc(Cl)s2)CC1)NC1CC1. The van der Waals surface area contributed by atoms with Gasteiger partial charge >= 0.3 is 0 Å². The van der Waals surface area contributed by atoms with Crippen LogP contribution in [0, 0.1) is 5.92 Å². The Hall–Kier alpha value is -0.630. The number of rotatable bonds is 5. The predicted molar refractivity (Wildman–Crippen MR) is 86.6 cm³/mol. The number of carbonyl (C=O) groups excluding carboxylic acids is 1. The number of carbonyl (C=O) groups is 1. The molecule has 1 aliphatic carbocycles. The molecule has 8 heteroatoms. The van der Waals surface area contributed by atoms with E-state index in [1.807, 2.05) is 0 Å². The van der Waals surface area contributed by atoms with E-state index in [0.717, 1.165) is 37.0 Å². The Morgan fingerprint density at radius 1 is 1.27 bits per heavy atom. The fraction of sp³-hybridized carbons (Fsp3) is 0.643. The zero-order valence-corrected chi connectivity index (χ0v) is 14.5. The van der Waals surface area contributed by atoms with Gasteiger partial charge in [0.15, 0.2) is 0 Å². The first-order valence-electron chi connectivity index (χ1n) is 7.50. The molecule has 1 aromatic rings. The zero-order valence-electron chi connectivity index (χ0n) is 12.1. The van der Waals surface area contributed by atoms with Crippen molar-refractivity contribution in [3.8, 4) is 0 Å². The topological polar surface area (TPSA) is 66.5 Å². The number of nitrogens with one attached hydrogen (secondary N) is 1. The minimum Gasteiger partial charge on any atom is -0.353 e. The molecule has 2 fully saturated rings. The summed E-state index contributed by atoms with van der Waals surface area (Å²) in [5.41, 5.74) is 0. The molecular formula is C14H19ClN2O3S2. The summed E-state index contributed by atoms with van der Waals surface area (Å²) in [6.45, 7) is 0.943. The van der Waals surface area contributed by atoms with Crippen LogP contribution in [0.3, 0.4) is 0 Å². The number of thiophene rings is 1. The maximum Gasteiger partial charge on any atom is 0.252 e. The minimum atomic E-state index is -3.44. The Balaban J connectivity index is 1.53. The summed E-state index contributed by atoms with van der Waals surface area (Å²) in [7, 11) is -3.44. The van der Waals surface area contributed by atoms with Crippen molar-refractivity contribution in [1.29, 1.82) is 0 Å². The molecule has 22 heavy (non-hydrogen) atoms. The fourth-order valence-electron chi connectivity index (χ4n) is 2.69. The van der Waals surface area contributed by atoms with Gasteiger partial charge in [0.2, 0.25) is 5.91 Å². The number of halogens is 1. The Morgan fingerprint density at radius 2 is 1.95 bits per heavy atom. The van der Waals surface area contributed by atoms with E-state index < -0.39 is 10.0 Å². The van der Waals surface area contributed by atoms with Crippen LogP contribution in [0.2, 0.25) is 4.34 Å². The summed E-state index contributed by atoms with van der Waals surface area (Å²) in [6.07, 6.45) is 4.15. The van der Waals surface area contributed by atoms with Gasteiger partial charge in [-0.15, -0.1) is 11.3 Å². The molecule has 3 rings (SSSR count). The van der Waals surface area contributed by atoms with E-state index in [4.69, 9.17) is 11.6 Å². The summed E-state index contributed by atoms with van der Waals surface area (Å²) >= 11 is 6.91. The van der Waals surface area contributed by atoms with Crippen LogP contribution in [-0.2, 0) is 14.8 Å². The molecule has 5 nitrogen and oxygen atoms in total. The van der Waals surface area contributed by atoms with Crippen LogP contribution in [0.25, 0.3) is 0 Å². The molecule has 0 aromatic carbocycles. The van der Waals surface area contributed by atoms with Crippen molar-refractivity contribution >= 4 is 38.9 Å². The first kappa shape index (κ1) is 16.2. The van der Waals surface area contributed by atoms with Crippen molar-refractivity contribution in [3.63, 3.8) is 0 Å². The van der Waals surface area contributed by atoms with Gasteiger partial charge in [0.05, 0.1) is 4.34 Å². The average molecular weight is 363 g/mol. The smallest absolute Gasteiger partial charge is 0.252 e. The third-order valence-electron chi connectivity index (χ3n) is 4.13. The van der Waals surface area contributed by atoms with Crippen LogP contribution in [0.15, 0.2) is 16.3 Å². The van der Waals surface area contributed by atoms with Crippen LogP contribution in [0.1, 0.15) is 32.1 Å². The summed E-state index contributed by atoms with van der Waals surface area (Å²) in [5.74, 6) is 0.381. The zero-order chi connectivity index (χ0) is 15.7. The monoisotopic (exact) mass is 362 g/mol. The van der Waals surface area contributed by atoms with Crippen LogP contribution >= 0.6 is 22.9 Å². The van der Waals surface area contributed by atoms with Gasteiger partial charge in [-0.2, -0.15) is 4.31 Å². The van der Waals surface area contributed by atoms with E-state index in [-0.39, 0.29) is 11.8 Å². The maximum atomic E-state index is 12.5. The van der Waals surface area contributed by atoms with Gasteiger partial charge in [0, 0.05) is 25.6 Å². The molecule has 0 atom stereocenters. The second kappa shape index (κ2) is 6.47. The molecule has 1 aromatic heterocycles. The van der Waals surface area contributed by atoms with Gasteiger partial charge in [-0.1, -0.05) is 11.6 Å². The predicted octanol–water partition coefficient (Wildman–Crippen LogP) is 2.47. The Kier molecular flexibility index (Phi) is 4.77. The van der Waals surface area contributed by atoms with Crippen molar-refractivity contribution < 1.29 is 13.2 Å². The summed E-state index contributed by atoms with van der Waals surface area (Å²) < 4.78 is 27.2. The average Bonchev–Trinajstić information content (AvgIpc) is 3.16. The molecule has 2 aliphatic rings. The first-order valence-corrected chi connectivity index (χ1v) is 10.1. The summed E-state index contributed by atoms with van der Waals surface area (Å²) in [4.78, 5) is 11.8. The molecule has 0 radical (unpaired) electrons. The van der Waals surface area contributed by atoms with E-state index in [1.54, 1.807) is 12.1 Å². The van der Waals surface area contributed by atoms with Crippen molar-refractivity contribution in [2.75, 3.05) is 13.1 Å². The van der Waals surface area contributed by atoms with E-state index in [0.29, 0.717) is 34.1 Å². The highest BCUT2D eigenvalue weighted by molar-refractivity contribution is 7.91. The Morgan fingerprint density at radius 3 is 2.50 bits per heavy atom. The highest BCUT2D eigenvalue weighted by atomic mass is 35.5. The quantitative estimate of drug-likeness (QED) is 0.875. The van der Waals surface area contributed by atoms with Gasteiger partial charge in [-0.25, -0.2) is 8.42 Å². The van der Waals surface area contributed by atoms with Crippen molar-refractivity contribution in [2.45, 2.75) is 42.4 Å². The second-order valence-electron chi connectivity index (χ2n) is 5.95. The third-order valence-corrected chi connectivity index (χ3v) is 7.73. The molecule has 0 spiro atoms. The lowest BCUT2D eigenvalue weighted by Gasteiger charge is -2.30. The molecule has 1 N–H and O–H groups in total. The number of sulfonamides is 1. The molecule has 1 saturated carbocycles. The van der Waals surface area contributed by atoms with Gasteiger partial charge in [-0.3, -0.25) is 4.79 Å². The van der Waals surface area contributed by atoms with Crippen LogP contribution in [0.5, 0.6) is 0 Å². The number of hydrogen-bond donors (Lipinski definition) is 1. The van der Waals surface area contributed by atoms with Crippen molar-refractivity contribution in [2.24, 2.45) is 5.92 Å². The van der Waals surface area contributed by atoms with Crippen LogP contribution < -0.4 is 5.32 Å². The largest absolute Gasteiger partial charge is 0.353 e. The highest BCUT2D eigenvalue weighted by Crippen LogP contribution is 2.31. The standard InChI is InChI=1S/C14H19ClN2O3S2/c15-12-3-4-14(21-12)22(19,20)17-7-5-10(6-8-17)9-13(18)16-11-1-2-11/h3-4,10-11H,1-2,5-9H2,(H,16,18). The van der Waals surface area contributed by atoms with E-state index in [1.165, 1.54) is 4.31 Å². The van der Waals surface area contributed by atoms with Crippen molar-refractivity contribution in [3.05, 3.63) is 16.5 Å². The van der Waals surface area contributed by atoms with E-state index in [9.17, 15) is 13.2 Å². The van der Waals surface area contributed by atoms with E-state index in [2.05, 4.69) is 5.32 Å². The second-order valence-corrected chi connectivity index (χ2v) is 9.83. The molecule has 122 valence electrons. The molecule has 1 amide bonds. The van der Waals surface area contributed by atoms with E-state index >= 15 is 0 Å². The molecule has 0 bridgehead atoms. The van der Waals surface area contributed by atoms with Gasteiger partial charge in [0.1, 0.15) is 4.21 Å². The maximum absolute atomic E-state index is 12.5. The summed E-state index contributed by atoms with van der Waals surface area (Å²) in [5, 5.41) is 2.99. The fourth-order valence-corrected chi connectivity index (χ4v) is 5.80. The highest BCUT2D eigenvalue weighted by Gasteiger charge is 2.32. The van der Waals surface area contributed by atoms with Gasteiger partial charge in [-0.05, 0) is 43.7 Å². The number of nitrogens with zero attached hydrogens (tertiary/aromatic N) is 1. The normalized spacial score (nSPS) is 21.0. The number of piperidine rings is 1. The minimum absolute atomic E-state index is 0.105. The van der Waals surface area contributed by atoms with Crippen LogP contribution in [0.4, 0.5) is 0 Å². The molecular weight excluding hydrogens is 344 g/mol. The molecule has 1 aliphatic heterocycles. The molecule has 1 saturated heterocycles. The first-order chi connectivity index (χ1) is 10.4. The lowest BCUT2D eigenvalue weighted by Crippen LogP contribution is -2.39.